The molecule has 74 valence electrons. The Kier molecular flexibility index (Phi) is 3.55. The molecule has 0 saturated carbocycles. The molecule has 4 heteroatoms. The van der Waals surface area contributed by atoms with Crippen LogP contribution in [-0.4, -0.2) is 11.1 Å². The highest BCUT2D eigenvalue weighted by molar-refractivity contribution is 6.42. The largest absolute Gasteiger partial charge is 0.478 e. The van der Waals surface area contributed by atoms with E-state index in [-0.39, 0.29) is 5.57 Å². The summed E-state index contributed by atoms with van der Waals surface area (Å²) >= 11 is 11.5. The lowest BCUT2D eigenvalue weighted by molar-refractivity contribution is -0.130. The minimum Gasteiger partial charge on any atom is -0.478 e. The zero-order valence-corrected chi connectivity index (χ0v) is 8.93. The van der Waals surface area contributed by atoms with Gasteiger partial charge in [-0.3, -0.25) is 0 Å². The first-order valence-corrected chi connectivity index (χ1v) is 4.67. The van der Waals surface area contributed by atoms with E-state index >= 15 is 0 Å². The molecule has 14 heavy (non-hydrogen) atoms. The first-order chi connectivity index (χ1) is 6.56. The number of rotatable bonds is 2. The van der Waals surface area contributed by atoms with Crippen LogP contribution in [-0.2, 0) is 4.79 Å². The minimum absolute atomic E-state index is 0.212. The lowest BCUT2D eigenvalue weighted by Crippen LogP contribution is -1.99. The summed E-state index contributed by atoms with van der Waals surface area (Å²) in [4.78, 5) is 10.8. The Labute approximate surface area is 91.8 Å². The Morgan fingerprint density at radius 2 is 2.00 bits per heavy atom. The molecule has 0 unspecified atom stereocenters. The fourth-order valence-electron chi connectivity index (χ4n) is 1.08. The van der Waals surface area contributed by atoms with Gasteiger partial charge in [0.25, 0.3) is 0 Å². The van der Waals surface area contributed by atoms with Crippen LogP contribution in [0.2, 0.25) is 10.0 Å². The van der Waals surface area contributed by atoms with Crippen LogP contribution in [0.5, 0.6) is 0 Å². The summed E-state index contributed by atoms with van der Waals surface area (Å²) in [5, 5.41) is 9.61. The number of carboxylic acids is 1. The van der Waals surface area contributed by atoms with E-state index < -0.39 is 5.97 Å². The maximum Gasteiger partial charge on any atom is 0.335 e. The average molecular weight is 231 g/mol. The number of benzene rings is 1. The van der Waals surface area contributed by atoms with Crippen LogP contribution in [0.3, 0.4) is 0 Å². The molecular weight excluding hydrogens is 223 g/mol. The molecule has 0 fully saturated rings. The van der Waals surface area contributed by atoms with Crippen molar-refractivity contribution >= 4 is 34.7 Å². The third-order valence-electron chi connectivity index (χ3n) is 1.75. The van der Waals surface area contributed by atoms with Crippen molar-refractivity contribution < 1.29 is 9.90 Å². The Morgan fingerprint density at radius 3 is 2.43 bits per heavy atom. The number of carboxylic acid groups (broad SMARTS) is 1. The van der Waals surface area contributed by atoms with Crippen molar-refractivity contribution in [3.8, 4) is 0 Å². The molecule has 1 aromatic rings. The van der Waals surface area contributed by atoms with Gasteiger partial charge in [0.05, 0.1) is 15.6 Å². The van der Waals surface area contributed by atoms with Crippen molar-refractivity contribution in [1.29, 1.82) is 0 Å². The molecule has 0 radical (unpaired) electrons. The molecule has 1 N–H and O–H groups in total. The molecule has 0 spiro atoms. The van der Waals surface area contributed by atoms with E-state index in [0.29, 0.717) is 15.6 Å². The van der Waals surface area contributed by atoms with Crippen LogP contribution in [0.25, 0.3) is 5.57 Å². The number of hydrogen-bond acceptors (Lipinski definition) is 1. The Hall–Kier alpha value is -0.990. The van der Waals surface area contributed by atoms with Gasteiger partial charge < -0.3 is 5.11 Å². The molecule has 1 rings (SSSR count). The molecular formula is C10H8Cl2O2. The van der Waals surface area contributed by atoms with E-state index in [9.17, 15) is 4.79 Å². The molecule has 0 heterocycles. The van der Waals surface area contributed by atoms with Gasteiger partial charge in [0.2, 0.25) is 0 Å². The molecule has 0 amide bonds. The maximum absolute atomic E-state index is 10.8. The number of halogens is 2. The predicted molar refractivity (Wildman–Crippen MR) is 57.7 cm³/mol. The zero-order valence-electron chi connectivity index (χ0n) is 7.42. The first-order valence-electron chi connectivity index (χ1n) is 3.91. The maximum atomic E-state index is 10.8. The van der Waals surface area contributed by atoms with Crippen LogP contribution in [0.1, 0.15) is 12.5 Å². The molecule has 0 aliphatic rings. The highest BCUT2D eigenvalue weighted by Gasteiger charge is 2.10. The van der Waals surface area contributed by atoms with Gasteiger partial charge in [0.1, 0.15) is 0 Å². The number of carbonyl (C=O) groups is 1. The number of allylic oxidation sites excluding steroid dienone is 1. The fourth-order valence-corrected chi connectivity index (χ4v) is 1.38. The monoisotopic (exact) mass is 230 g/mol. The molecule has 0 saturated heterocycles. The van der Waals surface area contributed by atoms with Gasteiger partial charge in [-0.25, -0.2) is 4.79 Å². The lowest BCUT2D eigenvalue weighted by Gasteiger charge is -2.03. The molecule has 1 aromatic carbocycles. The fraction of sp³-hybridized carbons (Fsp3) is 0.100. The second-order valence-corrected chi connectivity index (χ2v) is 3.45. The summed E-state index contributed by atoms with van der Waals surface area (Å²) in [6.07, 6.45) is 1.52. The van der Waals surface area contributed by atoms with Crippen molar-refractivity contribution in [3.05, 3.63) is 39.9 Å². The predicted octanol–water partition coefficient (Wildman–Crippen LogP) is 3.48. The van der Waals surface area contributed by atoms with Gasteiger partial charge in [-0.1, -0.05) is 35.3 Å². The van der Waals surface area contributed by atoms with Crippen LogP contribution in [0.4, 0.5) is 0 Å². The lowest BCUT2D eigenvalue weighted by atomic mass is 10.1. The second-order valence-electron chi connectivity index (χ2n) is 2.64. The number of hydrogen-bond donors (Lipinski definition) is 1. The quantitative estimate of drug-likeness (QED) is 0.791. The van der Waals surface area contributed by atoms with Gasteiger partial charge in [0, 0.05) is 0 Å². The van der Waals surface area contributed by atoms with Crippen LogP contribution in [0, 0.1) is 0 Å². The van der Waals surface area contributed by atoms with Gasteiger partial charge in [-0.15, -0.1) is 0 Å². The van der Waals surface area contributed by atoms with E-state index in [1.165, 1.54) is 12.1 Å². The van der Waals surface area contributed by atoms with E-state index in [2.05, 4.69) is 0 Å². The van der Waals surface area contributed by atoms with Crippen LogP contribution >= 0.6 is 23.2 Å². The summed E-state index contributed by atoms with van der Waals surface area (Å²) in [5.41, 5.74) is 0.762. The minimum atomic E-state index is -0.981. The van der Waals surface area contributed by atoms with Crippen molar-refractivity contribution in [2.75, 3.05) is 0 Å². The van der Waals surface area contributed by atoms with E-state index in [1.807, 2.05) is 0 Å². The molecule has 0 aliphatic carbocycles. The summed E-state index contributed by atoms with van der Waals surface area (Å²) in [6, 6.07) is 4.73. The van der Waals surface area contributed by atoms with Crippen molar-refractivity contribution in [3.63, 3.8) is 0 Å². The smallest absolute Gasteiger partial charge is 0.335 e. The van der Waals surface area contributed by atoms with Crippen molar-refractivity contribution in [2.45, 2.75) is 6.92 Å². The molecule has 0 atom stereocenters. The van der Waals surface area contributed by atoms with Crippen molar-refractivity contribution in [1.82, 2.24) is 0 Å². The summed E-state index contributed by atoms with van der Waals surface area (Å²) in [7, 11) is 0. The summed E-state index contributed by atoms with van der Waals surface area (Å²) in [6.45, 7) is 1.66. The van der Waals surface area contributed by atoms with Crippen LogP contribution in [0.15, 0.2) is 24.3 Å². The average Bonchev–Trinajstić information content (AvgIpc) is 2.11. The Morgan fingerprint density at radius 1 is 1.36 bits per heavy atom. The summed E-state index contributed by atoms with van der Waals surface area (Å²) < 4.78 is 0. The Bertz CT molecular complexity index is 397. The van der Waals surface area contributed by atoms with Gasteiger partial charge in [0.15, 0.2) is 0 Å². The standard InChI is InChI=1S/C10H8Cl2O2/c1-2-7(10(13)14)6-3-4-8(11)9(12)5-6/h2-5H,1H3,(H,13,14). The highest BCUT2D eigenvalue weighted by atomic mass is 35.5. The number of aliphatic carboxylic acids is 1. The van der Waals surface area contributed by atoms with Gasteiger partial charge in [-0.2, -0.15) is 0 Å². The molecule has 0 aliphatic heterocycles. The molecule has 0 bridgehead atoms. The van der Waals surface area contributed by atoms with Gasteiger partial charge >= 0.3 is 5.97 Å². The SMILES string of the molecule is CC=C(C(=O)O)c1ccc(Cl)c(Cl)c1. The second kappa shape index (κ2) is 4.49. The third-order valence-corrected chi connectivity index (χ3v) is 2.49. The van der Waals surface area contributed by atoms with Gasteiger partial charge in [-0.05, 0) is 24.6 Å². The molecule has 0 aromatic heterocycles. The van der Waals surface area contributed by atoms with Crippen LogP contribution < -0.4 is 0 Å². The first kappa shape index (κ1) is 11.1. The molecule has 2 nitrogen and oxygen atoms in total. The van der Waals surface area contributed by atoms with Crippen molar-refractivity contribution in [2.24, 2.45) is 0 Å². The van der Waals surface area contributed by atoms with E-state index in [1.54, 1.807) is 19.1 Å². The van der Waals surface area contributed by atoms with E-state index in [4.69, 9.17) is 28.3 Å². The third kappa shape index (κ3) is 2.28. The Balaban J connectivity index is 3.20. The zero-order chi connectivity index (χ0) is 10.7. The highest BCUT2D eigenvalue weighted by Crippen LogP contribution is 2.26. The normalized spacial score (nSPS) is 11.5. The van der Waals surface area contributed by atoms with E-state index in [0.717, 1.165) is 0 Å². The topological polar surface area (TPSA) is 37.3 Å². The summed E-state index contributed by atoms with van der Waals surface area (Å²) in [5.74, 6) is -0.981.